The van der Waals surface area contributed by atoms with Crippen molar-refractivity contribution in [2.75, 3.05) is 19.0 Å². The second-order valence-electron chi connectivity index (χ2n) is 7.76. The third kappa shape index (κ3) is 8.53. The number of oxime groups is 1. The molecule has 0 aliphatic carbocycles. The number of nitrogens with zero attached hydrogens (tertiary/aromatic N) is 2. The molecule has 2 rings (SSSR count). The molecular formula is C22H28N4O6S. The average molecular weight is 477 g/mol. The number of hydrogen-bond acceptors (Lipinski definition) is 9. The number of hydrogen-bond donors (Lipinski definition) is 2. The van der Waals surface area contributed by atoms with Crippen LogP contribution in [0.3, 0.4) is 0 Å². The van der Waals surface area contributed by atoms with E-state index in [0.29, 0.717) is 0 Å². The normalized spacial score (nSPS) is 12.5. The van der Waals surface area contributed by atoms with Crippen molar-refractivity contribution in [2.24, 2.45) is 5.16 Å². The van der Waals surface area contributed by atoms with E-state index in [2.05, 4.69) is 20.8 Å². The van der Waals surface area contributed by atoms with E-state index < -0.39 is 29.6 Å². The summed E-state index contributed by atoms with van der Waals surface area (Å²) in [6, 6.07) is 8.33. The molecule has 0 unspecified atom stereocenters. The molecule has 0 saturated carbocycles. The Labute approximate surface area is 196 Å². The van der Waals surface area contributed by atoms with Crippen LogP contribution < -0.4 is 10.6 Å². The zero-order chi connectivity index (χ0) is 24.4. The van der Waals surface area contributed by atoms with Gasteiger partial charge in [-0.15, -0.1) is 11.3 Å². The largest absolute Gasteiger partial charge is 0.461 e. The summed E-state index contributed by atoms with van der Waals surface area (Å²) >= 11 is 1.09. The number of alkyl carbamates (subject to hydrolysis) is 1. The first-order chi connectivity index (χ1) is 15.6. The molecule has 0 saturated heterocycles. The second kappa shape index (κ2) is 12.0. The number of benzene rings is 1. The van der Waals surface area contributed by atoms with Crippen LogP contribution in [0.15, 0.2) is 40.9 Å². The Kier molecular flexibility index (Phi) is 9.34. The van der Waals surface area contributed by atoms with Gasteiger partial charge in [0.2, 0.25) is 11.6 Å². The van der Waals surface area contributed by atoms with Gasteiger partial charge in [-0.05, 0) is 33.3 Å². The minimum absolute atomic E-state index is 0.121. The van der Waals surface area contributed by atoms with E-state index in [-0.39, 0.29) is 29.6 Å². The quantitative estimate of drug-likeness (QED) is 0.323. The van der Waals surface area contributed by atoms with Crippen molar-refractivity contribution < 1.29 is 28.7 Å². The first-order valence-electron chi connectivity index (χ1n) is 10.2. The Morgan fingerprint density at radius 2 is 1.88 bits per heavy atom. The van der Waals surface area contributed by atoms with Crippen LogP contribution in [0.4, 0.5) is 9.93 Å². The lowest BCUT2D eigenvalue weighted by Crippen LogP contribution is -2.47. The summed E-state index contributed by atoms with van der Waals surface area (Å²) in [5.41, 5.74) is 0.205. The fourth-order valence-corrected chi connectivity index (χ4v) is 3.32. The van der Waals surface area contributed by atoms with Crippen LogP contribution in [0.2, 0.25) is 0 Å². The van der Waals surface area contributed by atoms with E-state index >= 15 is 0 Å². The number of esters is 1. The molecule has 1 aromatic carbocycles. The molecule has 1 atom stereocenters. The van der Waals surface area contributed by atoms with Crippen LogP contribution in [-0.2, 0) is 30.3 Å². The van der Waals surface area contributed by atoms with Crippen molar-refractivity contribution >= 4 is 40.1 Å². The van der Waals surface area contributed by atoms with E-state index in [1.54, 1.807) is 27.7 Å². The lowest BCUT2D eigenvalue weighted by atomic mass is 10.1. The van der Waals surface area contributed by atoms with Gasteiger partial charge in [-0.3, -0.25) is 4.79 Å². The molecular weight excluding hydrogens is 448 g/mol. The zero-order valence-electron chi connectivity index (χ0n) is 19.2. The molecule has 1 aromatic heterocycles. The highest BCUT2D eigenvalue weighted by Crippen LogP contribution is 2.18. The van der Waals surface area contributed by atoms with Crippen LogP contribution in [0.1, 0.15) is 39.0 Å². The van der Waals surface area contributed by atoms with Gasteiger partial charge in [0, 0.05) is 11.8 Å². The van der Waals surface area contributed by atoms with E-state index in [1.807, 2.05) is 30.3 Å². The van der Waals surface area contributed by atoms with E-state index in [9.17, 15) is 14.4 Å². The van der Waals surface area contributed by atoms with Gasteiger partial charge in [-0.25, -0.2) is 14.6 Å². The number of rotatable bonds is 9. The number of anilines is 1. The molecule has 0 fully saturated rings. The van der Waals surface area contributed by atoms with Crippen molar-refractivity contribution in [2.45, 2.75) is 45.8 Å². The Balaban J connectivity index is 2.18. The molecule has 11 heteroatoms. The Morgan fingerprint density at radius 1 is 1.18 bits per heavy atom. The van der Waals surface area contributed by atoms with Gasteiger partial charge in [0.15, 0.2) is 5.13 Å². The highest BCUT2D eigenvalue weighted by atomic mass is 32.1. The number of thiazole rings is 1. The molecule has 0 aliphatic heterocycles. The molecule has 2 amide bonds. The second-order valence-corrected chi connectivity index (χ2v) is 8.62. The third-order valence-electron chi connectivity index (χ3n) is 3.92. The lowest BCUT2D eigenvalue weighted by molar-refractivity contribution is -0.135. The first kappa shape index (κ1) is 25.8. The van der Waals surface area contributed by atoms with E-state index in [0.717, 1.165) is 16.9 Å². The SMILES string of the molecule is CCOC(=O)C(=NOC)c1csc(NC(=O)[C@H](Cc2ccccc2)NC(=O)OC(C)(C)C)n1. The molecule has 33 heavy (non-hydrogen) atoms. The zero-order valence-corrected chi connectivity index (χ0v) is 20.0. The van der Waals surface area contributed by atoms with Crippen molar-refractivity contribution in [1.82, 2.24) is 10.3 Å². The van der Waals surface area contributed by atoms with Crippen molar-refractivity contribution in [3.8, 4) is 0 Å². The smallest absolute Gasteiger partial charge is 0.408 e. The predicted molar refractivity (Wildman–Crippen MR) is 124 cm³/mol. The maximum Gasteiger partial charge on any atom is 0.408 e. The summed E-state index contributed by atoms with van der Waals surface area (Å²) < 4.78 is 10.2. The molecule has 2 aromatic rings. The van der Waals surface area contributed by atoms with Crippen LogP contribution in [0.25, 0.3) is 0 Å². The first-order valence-corrected chi connectivity index (χ1v) is 11.1. The van der Waals surface area contributed by atoms with Gasteiger partial charge in [-0.1, -0.05) is 35.5 Å². The third-order valence-corrected chi connectivity index (χ3v) is 4.68. The van der Waals surface area contributed by atoms with Gasteiger partial charge >= 0.3 is 12.1 Å². The number of carbonyl (C=O) groups excluding carboxylic acids is 3. The molecule has 10 nitrogen and oxygen atoms in total. The molecule has 0 aliphatic rings. The summed E-state index contributed by atoms with van der Waals surface area (Å²) in [4.78, 5) is 46.3. The van der Waals surface area contributed by atoms with Crippen LogP contribution >= 0.6 is 11.3 Å². The highest BCUT2D eigenvalue weighted by molar-refractivity contribution is 7.14. The Morgan fingerprint density at radius 3 is 2.48 bits per heavy atom. The molecule has 2 N–H and O–H groups in total. The van der Waals surface area contributed by atoms with Crippen molar-refractivity contribution in [3.05, 3.63) is 47.0 Å². The van der Waals surface area contributed by atoms with Crippen LogP contribution in [-0.4, -0.2) is 54.0 Å². The predicted octanol–water partition coefficient (Wildman–Crippen LogP) is 3.13. The molecule has 1 heterocycles. The molecule has 0 bridgehead atoms. The molecule has 0 spiro atoms. The van der Waals surface area contributed by atoms with E-state index in [4.69, 9.17) is 14.3 Å². The summed E-state index contributed by atoms with van der Waals surface area (Å²) in [6.07, 6.45) is -0.473. The maximum absolute atomic E-state index is 13.0. The number of amides is 2. The van der Waals surface area contributed by atoms with Crippen LogP contribution in [0.5, 0.6) is 0 Å². The standard InChI is InChI=1S/C22H28N4O6S/c1-6-31-19(28)17(26-30-5)16-13-33-20(23-16)25-18(27)15(12-14-10-8-7-9-11-14)24-21(29)32-22(2,3)4/h7-11,13,15H,6,12H2,1-5H3,(H,24,29)(H,23,25,27)/t15-/m0/s1. The fraction of sp³-hybridized carbons (Fsp3) is 0.409. The van der Waals surface area contributed by atoms with Crippen molar-refractivity contribution in [3.63, 3.8) is 0 Å². The average Bonchev–Trinajstić information content (AvgIpc) is 3.19. The summed E-state index contributed by atoms with van der Waals surface area (Å²) in [5.74, 6) is -1.19. The summed E-state index contributed by atoms with van der Waals surface area (Å²) in [6.45, 7) is 7.03. The minimum atomic E-state index is -0.924. The number of carbonyl (C=O) groups is 3. The van der Waals surface area contributed by atoms with Crippen LogP contribution in [0, 0.1) is 0 Å². The summed E-state index contributed by atoms with van der Waals surface area (Å²) in [7, 11) is 1.30. The Hall–Kier alpha value is -3.47. The lowest BCUT2D eigenvalue weighted by Gasteiger charge is -2.23. The number of aromatic nitrogens is 1. The van der Waals surface area contributed by atoms with Gasteiger partial charge < -0.3 is 24.9 Å². The van der Waals surface area contributed by atoms with Crippen molar-refractivity contribution in [1.29, 1.82) is 0 Å². The molecule has 0 radical (unpaired) electrons. The number of nitrogens with one attached hydrogen (secondary N) is 2. The van der Waals surface area contributed by atoms with Gasteiger partial charge in [0.1, 0.15) is 24.4 Å². The topological polar surface area (TPSA) is 128 Å². The fourth-order valence-electron chi connectivity index (χ4n) is 2.62. The van der Waals surface area contributed by atoms with E-state index in [1.165, 1.54) is 12.5 Å². The highest BCUT2D eigenvalue weighted by Gasteiger charge is 2.26. The van der Waals surface area contributed by atoms with Gasteiger partial charge in [-0.2, -0.15) is 0 Å². The maximum atomic E-state index is 13.0. The number of ether oxygens (including phenoxy) is 2. The van der Waals surface area contributed by atoms with Gasteiger partial charge in [0.05, 0.1) is 6.61 Å². The minimum Gasteiger partial charge on any atom is -0.461 e. The monoisotopic (exact) mass is 476 g/mol. The van der Waals surface area contributed by atoms with Gasteiger partial charge in [0.25, 0.3) is 0 Å². The molecule has 178 valence electrons. The Bertz CT molecular complexity index is 984. The summed E-state index contributed by atoms with van der Waals surface area (Å²) in [5, 5.41) is 10.7.